The van der Waals surface area contributed by atoms with Gasteiger partial charge in [-0.25, -0.2) is 14.4 Å². The molecule has 1 unspecified atom stereocenters. The maximum Gasteiger partial charge on any atom is 0.324 e. The fourth-order valence-corrected chi connectivity index (χ4v) is 4.47. The average molecular weight is 390 g/mol. The highest BCUT2D eigenvalue weighted by molar-refractivity contribution is 6.02. The van der Waals surface area contributed by atoms with Crippen LogP contribution in [0.4, 0.5) is 10.1 Å². The lowest BCUT2D eigenvalue weighted by molar-refractivity contribution is -0.155. The number of nitrogens with zero attached hydrogens (tertiary/aromatic N) is 4. The Bertz CT molecular complexity index is 763. The lowest BCUT2D eigenvalue weighted by Crippen LogP contribution is -2.60. The first-order chi connectivity index (χ1) is 13.5. The molecule has 1 aromatic carbocycles. The van der Waals surface area contributed by atoms with Crippen molar-refractivity contribution in [2.75, 3.05) is 37.6 Å². The number of piperazine rings is 1. The van der Waals surface area contributed by atoms with Crippen LogP contribution in [0.25, 0.3) is 0 Å². The number of carboxylic acids is 1. The summed E-state index contributed by atoms with van der Waals surface area (Å²) in [6.45, 7) is 3.10. The number of imide groups is 1. The Morgan fingerprint density at radius 2 is 1.57 bits per heavy atom. The first kappa shape index (κ1) is 18.8. The van der Waals surface area contributed by atoms with Crippen LogP contribution < -0.4 is 4.90 Å². The zero-order valence-corrected chi connectivity index (χ0v) is 15.5. The number of hydrazine groups is 1. The van der Waals surface area contributed by atoms with Crippen molar-refractivity contribution in [3.05, 3.63) is 30.1 Å². The van der Waals surface area contributed by atoms with Crippen LogP contribution in [0.1, 0.15) is 19.3 Å². The highest BCUT2D eigenvalue weighted by atomic mass is 19.1. The summed E-state index contributed by atoms with van der Waals surface area (Å²) >= 11 is 0. The van der Waals surface area contributed by atoms with E-state index in [1.165, 1.54) is 17.0 Å². The van der Waals surface area contributed by atoms with E-state index in [1.807, 2.05) is 5.01 Å². The van der Waals surface area contributed by atoms with Gasteiger partial charge in [-0.3, -0.25) is 19.3 Å². The number of hydrogen-bond acceptors (Lipinski definition) is 6. The molecule has 0 aliphatic carbocycles. The summed E-state index contributed by atoms with van der Waals surface area (Å²) in [6, 6.07) is 4.80. The van der Waals surface area contributed by atoms with Crippen molar-refractivity contribution in [3.8, 4) is 0 Å². The third-order valence-corrected chi connectivity index (χ3v) is 5.83. The van der Waals surface area contributed by atoms with E-state index in [0.717, 1.165) is 5.69 Å². The molecule has 150 valence electrons. The summed E-state index contributed by atoms with van der Waals surface area (Å²) < 4.78 is 13.1. The van der Waals surface area contributed by atoms with E-state index < -0.39 is 18.1 Å². The third-order valence-electron chi connectivity index (χ3n) is 5.83. The molecule has 0 spiro atoms. The van der Waals surface area contributed by atoms with Crippen LogP contribution >= 0.6 is 0 Å². The maximum absolute atomic E-state index is 13.1. The number of likely N-dealkylation sites (tertiary alicyclic amines) is 1. The van der Waals surface area contributed by atoms with Crippen LogP contribution in [0.5, 0.6) is 0 Å². The monoisotopic (exact) mass is 390 g/mol. The van der Waals surface area contributed by atoms with E-state index >= 15 is 0 Å². The smallest absolute Gasteiger partial charge is 0.324 e. The standard InChI is InChI=1S/C19H23FN4O4/c20-13-1-3-14(4-2-13)21-9-11-22(12-10-21)23-8-7-15(18(23)19(27)28)24-16(25)5-6-17(24)26/h1-4,15,18H,5-12H2,(H,27,28)/t15?,18-/m0/s1. The first-order valence-electron chi connectivity index (χ1n) is 9.55. The lowest BCUT2D eigenvalue weighted by Gasteiger charge is -2.42. The Morgan fingerprint density at radius 1 is 0.964 bits per heavy atom. The lowest BCUT2D eigenvalue weighted by atomic mass is 10.1. The van der Waals surface area contributed by atoms with Crippen LogP contribution in [0, 0.1) is 5.82 Å². The molecular formula is C19H23FN4O4. The van der Waals surface area contributed by atoms with E-state index in [-0.39, 0.29) is 30.5 Å². The number of rotatable bonds is 4. The topological polar surface area (TPSA) is 84.4 Å². The van der Waals surface area contributed by atoms with Crippen LogP contribution in [0.2, 0.25) is 0 Å². The van der Waals surface area contributed by atoms with E-state index in [4.69, 9.17) is 0 Å². The normalized spacial score (nSPS) is 27.0. The van der Waals surface area contributed by atoms with Gasteiger partial charge in [-0.1, -0.05) is 0 Å². The zero-order valence-electron chi connectivity index (χ0n) is 15.5. The summed E-state index contributed by atoms with van der Waals surface area (Å²) in [5.74, 6) is -1.84. The second-order valence-corrected chi connectivity index (χ2v) is 7.38. The summed E-state index contributed by atoms with van der Waals surface area (Å²) in [7, 11) is 0. The van der Waals surface area contributed by atoms with Crippen molar-refractivity contribution in [1.82, 2.24) is 14.9 Å². The SMILES string of the molecule is O=C(O)[C@@H]1C(N2C(=O)CCC2=O)CCN1N1CCN(c2ccc(F)cc2)CC1. The fourth-order valence-electron chi connectivity index (χ4n) is 4.47. The van der Waals surface area contributed by atoms with Crippen molar-refractivity contribution in [1.29, 1.82) is 0 Å². The number of amides is 2. The highest BCUT2D eigenvalue weighted by Crippen LogP contribution is 2.30. The van der Waals surface area contributed by atoms with Crippen molar-refractivity contribution in [3.63, 3.8) is 0 Å². The van der Waals surface area contributed by atoms with Crippen molar-refractivity contribution in [2.45, 2.75) is 31.3 Å². The Hall–Kier alpha value is -2.52. The van der Waals surface area contributed by atoms with Gasteiger partial charge in [0, 0.05) is 51.3 Å². The number of carbonyl (C=O) groups is 3. The quantitative estimate of drug-likeness (QED) is 0.751. The van der Waals surface area contributed by atoms with Gasteiger partial charge in [0.05, 0.1) is 6.04 Å². The number of carbonyl (C=O) groups excluding carboxylic acids is 2. The molecule has 3 heterocycles. The molecule has 3 saturated heterocycles. The Morgan fingerprint density at radius 3 is 2.14 bits per heavy atom. The number of aliphatic carboxylic acids is 1. The number of halogens is 1. The van der Waals surface area contributed by atoms with Gasteiger partial charge >= 0.3 is 5.97 Å². The average Bonchev–Trinajstić information content (AvgIpc) is 3.25. The number of anilines is 1. The van der Waals surface area contributed by atoms with Gasteiger partial charge in [0.1, 0.15) is 11.9 Å². The van der Waals surface area contributed by atoms with Crippen LogP contribution in [-0.2, 0) is 14.4 Å². The van der Waals surface area contributed by atoms with Gasteiger partial charge in [-0.2, -0.15) is 0 Å². The van der Waals surface area contributed by atoms with Gasteiger partial charge in [0.2, 0.25) is 11.8 Å². The Labute approximate surface area is 162 Å². The Balaban J connectivity index is 1.44. The third kappa shape index (κ3) is 3.35. The van der Waals surface area contributed by atoms with Crippen LogP contribution in [-0.4, -0.2) is 82.6 Å². The van der Waals surface area contributed by atoms with Crippen molar-refractivity contribution >= 4 is 23.5 Å². The molecule has 0 aromatic heterocycles. The molecular weight excluding hydrogens is 367 g/mol. The predicted molar refractivity (Wildman–Crippen MR) is 97.8 cm³/mol. The summed E-state index contributed by atoms with van der Waals surface area (Å²) in [6.07, 6.45) is 0.794. The fraction of sp³-hybridized carbons (Fsp3) is 0.526. The summed E-state index contributed by atoms with van der Waals surface area (Å²) in [4.78, 5) is 39.5. The molecule has 2 atom stereocenters. The minimum absolute atomic E-state index is 0.165. The second kappa shape index (κ2) is 7.48. The molecule has 0 bridgehead atoms. The number of carboxylic acid groups (broad SMARTS) is 1. The second-order valence-electron chi connectivity index (χ2n) is 7.38. The molecule has 1 aromatic rings. The minimum atomic E-state index is -1.02. The molecule has 0 saturated carbocycles. The Kier molecular flexibility index (Phi) is 5.03. The van der Waals surface area contributed by atoms with Crippen molar-refractivity contribution < 1.29 is 23.9 Å². The minimum Gasteiger partial charge on any atom is -0.480 e. The van der Waals surface area contributed by atoms with Crippen molar-refractivity contribution in [2.24, 2.45) is 0 Å². The van der Waals surface area contributed by atoms with E-state index in [0.29, 0.717) is 39.1 Å². The molecule has 3 fully saturated rings. The first-order valence-corrected chi connectivity index (χ1v) is 9.55. The molecule has 4 rings (SSSR count). The molecule has 2 amide bonds. The summed E-state index contributed by atoms with van der Waals surface area (Å²) in [5, 5.41) is 13.6. The van der Waals surface area contributed by atoms with Crippen LogP contribution in [0.3, 0.4) is 0 Å². The zero-order chi connectivity index (χ0) is 19.8. The largest absolute Gasteiger partial charge is 0.480 e. The van der Waals surface area contributed by atoms with Gasteiger partial charge in [0.25, 0.3) is 0 Å². The molecule has 3 aliphatic heterocycles. The van der Waals surface area contributed by atoms with Crippen LogP contribution in [0.15, 0.2) is 24.3 Å². The molecule has 8 nitrogen and oxygen atoms in total. The van der Waals surface area contributed by atoms with Gasteiger partial charge in [-0.15, -0.1) is 0 Å². The van der Waals surface area contributed by atoms with E-state index in [2.05, 4.69) is 4.90 Å². The van der Waals surface area contributed by atoms with Gasteiger partial charge in [0.15, 0.2) is 0 Å². The van der Waals surface area contributed by atoms with Gasteiger partial charge < -0.3 is 10.0 Å². The molecule has 0 radical (unpaired) electrons. The highest BCUT2D eigenvalue weighted by Gasteiger charge is 2.49. The molecule has 28 heavy (non-hydrogen) atoms. The molecule has 3 aliphatic rings. The van der Waals surface area contributed by atoms with Gasteiger partial charge in [-0.05, 0) is 30.7 Å². The molecule has 1 N–H and O–H groups in total. The maximum atomic E-state index is 13.1. The van der Waals surface area contributed by atoms with E-state index in [9.17, 15) is 23.9 Å². The predicted octanol–water partition coefficient (Wildman–Crippen LogP) is 0.539. The summed E-state index contributed by atoms with van der Waals surface area (Å²) in [5.41, 5.74) is 0.934. The number of benzene rings is 1. The van der Waals surface area contributed by atoms with E-state index in [1.54, 1.807) is 17.1 Å². The number of hydrogen-bond donors (Lipinski definition) is 1. The molecule has 9 heteroatoms.